The molecule has 8 nitrogen and oxygen atoms in total. The number of carbonyl (C=O) groups is 1. The Kier molecular flexibility index (Phi) is 6.66. The van der Waals surface area contributed by atoms with Crippen LogP contribution < -0.4 is 5.32 Å². The molecule has 0 bridgehead atoms. The van der Waals surface area contributed by atoms with Crippen molar-refractivity contribution in [2.24, 2.45) is 0 Å². The quantitative estimate of drug-likeness (QED) is 0.215. The van der Waals surface area contributed by atoms with Crippen molar-refractivity contribution in [3.8, 4) is 17.1 Å². The molecule has 0 aliphatic heterocycles. The maximum atomic E-state index is 13.3. The summed E-state index contributed by atoms with van der Waals surface area (Å²) in [7, 11) is 0. The van der Waals surface area contributed by atoms with E-state index in [0.717, 1.165) is 17.4 Å². The van der Waals surface area contributed by atoms with Gasteiger partial charge in [0, 0.05) is 29.1 Å². The molecule has 1 N–H and O–H groups in total. The SMILES string of the molecule is O=C(CSc1nnc(-c2cccc([N+](=O)[O-])c2)n1-c1ccccc1)Nc1ccc(F)c(Cl)c1. The van der Waals surface area contributed by atoms with Crippen LogP contribution in [0, 0.1) is 15.9 Å². The van der Waals surface area contributed by atoms with Crippen LogP contribution in [0.1, 0.15) is 0 Å². The van der Waals surface area contributed by atoms with Gasteiger partial charge in [-0.15, -0.1) is 10.2 Å². The molecule has 0 aliphatic rings. The Labute approximate surface area is 196 Å². The number of halogens is 2. The number of thioether (sulfide) groups is 1. The second-order valence-electron chi connectivity index (χ2n) is 6.75. The third kappa shape index (κ3) is 5.18. The van der Waals surface area contributed by atoms with Gasteiger partial charge in [-0.1, -0.05) is 53.7 Å². The lowest BCUT2D eigenvalue weighted by atomic mass is 10.2. The zero-order valence-electron chi connectivity index (χ0n) is 16.8. The topological polar surface area (TPSA) is 103 Å². The van der Waals surface area contributed by atoms with Gasteiger partial charge < -0.3 is 5.32 Å². The third-order valence-corrected chi connectivity index (χ3v) is 5.72. The van der Waals surface area contributed by atoms with Crippen LogP contribution in [-0.2, 0) is 4.79 Å². The van der Waals surface area contributed by atoms with Crippen LogP contribution in [0.25, 0.3) is 17.1 Å². The van der Waals surface area contributed by atoms with E-state index in [0.29, 0.717) is 22.2 Å². The van der Waals surface area contributed by atoms with Gasteiger partial charge in [0.05, 0.1) is 15.7 Å². The molecular weight excluding hydrogens is 469 g/mol. The molecule has 11 heteroatoms. The van der Waals surface area contributed by atoms with Crippen LogP contribution in [0.3, 0.4) is 0 Å². The molecule has 0 fully saturated rings. The van der Waals surface area contributed by atoms with Crippen molar-refractivity contribution in [3.63, 3.8) is 0 Å². The van der Waals surface area contributed by atoms with Crippen molar-refractivity contribution in [2.45, 2.75) is 5.16 Å². The van der Waals surface area contributed by atoms with Gasteiger partial charge >= 0.3 is 0 Å². The fourth-order valence-electron chi connectivity index (χ4n) is 3.02. The summed E-state index contributed by atoms with van der Waals surface area (Å²) in [6.07, 6.45) is 0. The maximum Gasteiger partial charge on any atom is 0.270 e. The molecule has 1 amide bonds. The number of para-hydroxylation sites is 1. The van der Waals surface area contributed by atoms with E-state index in [1.807, 2.05) is 30.3 Å². The monoisotopic (exact) mass is 483 g/mol. The summed E-state index contributed by atoms with van der Waals surface area (Å²) in [5, 5.41) is 22.6. The summed E-state index contributed by atoms with van der Waals surface area (Å²) in [6, 6.07) is 19.2. The summed E-state index contributed by atoms with van der Waals surface area (Å²) < 4.78 is 15.0. The highest BCUT2D eigenvalue weighted by atomic mass is 35.5. The van der Waals surface area contributed by atoms with E-state index in [4.69, 9.17) is 11.6 Å². The summed E-state index contributed by atoms with van der Waals surface area (Å²) in [6.45, 7) is 0. The van der Waals surface area contributed by atoms with E-state index < -0.39 is 10.7 Å². The smallest absolute Gasteiger partial charge is 0.270 e. The molecule has 3 aromatic carbocycles. The summed E-state index contributed by atoms with van der Waals surface area (Å²) in [5.41, 5.74) is 1.55. The number of carbonyl (C=O) groups excluding carboxylic acids is 1. The molecule has 1 heterocycles. The van der Waals surface area contributed by atoms with Gasteiger partial charge in [-0.05, 0) is 30.3 Å². The summed E-state index contributed by atoms with van der Waals surface area (Å²) >= 11 is 6.89. The fraction of sp³-hybridized carbons (Fsp3) is 0.0455. The number of nitro benzene ring substituents is 1. The van der Waals surface area contributed by atoms with Crippen molar-refractivity contribution in [2.75, 3.05) is 11.1 Å². The van der Waals surface area contributed by atoms with Crippen molar-refractivity contribution in [1.82, 2.24) is 14.8 Å². The maximum absolute atomic E-state index is 13.3. The van der Waals surface area contributed by atoms with Gasteiger partial charge in [0.15, 0.2) is 11.0 Å². The average Bonchev–Trinajstić information content (AvgIpc) is 3.25. The Balaban J connectivity index is 1.61. The first-order chi connectivity index (χ1) is 15.9. The minimum Gasteiger partial charge on any atom is -0.325 e. The first kappa shape index (κ1) is 22.4. The standard InChI is InChI=1S/C22H15ClFN5O3S/c23-18-12-15(9-10-19(18)24)25-20(30)13-33-22-27-26-21(28(22)16-6-2-1-3-7-16)14-5-4-8-17(11-14)29(31)32/h1-12H,13H2,(H,25,30). The van der Waals surface area contributed by atoms with E-state index >= 15 is 0 Å². The number of aromatic nitrogens is 3. The van der Waals surface area contributed by atoms with E-state index in [-0.39, 0.29) is 22.4 Å². The molecule has 4 rings (SSSR count). The van der Waals surface area contributed by atoms with Gasteiger partial charge in [0.2, 0.25) is 5.91 Å². The number of anilines is 1. The van der Waals surface area contributed by atoms with Crippen molar-refractivity contribution < 1.29 is 14.1 Å². The van der Waals surface area contributed by atoms with Crippen LogP contribution in [-0.4, -0.2) is 31.3 Å². The Morgan fingerprint density at radius 2 is 1.88 bits per heavy atom. The molecule has 0 spiro atoms. The van der Waals surface area contributed by atoms with Crippen molar-refractivity contribution >= 4 is 40.6 Å². The predicted molar refractivity (Wildman–Crippen MR) is 124 cm³/mol. The summed E-state index contributed by atoms with van der Waals surface area (Å²) in [5.74, 6) is -0.525. The van der Waals surface area contributed by atoms with Crippen LogP contribution in [0.15, 0.2) is 78.0 Å². The summed E-state index contributed by atoms with van der Waals surface area (Å²) in [4.78, 5) is 23.1. The van der Waals surface area contributed by atoms with Gasteiger partial charge in [-0.3, -0.25) is 19.5 Å². The molecule has 0 atom stereocenters. The Morgan fingerprint density at radius 1 is 1.09 bits per heavy atom. The molecule has 1 aromatic heterocycles. The lowest BCUT2D eigenvalue weighted by molar-refractivity contribution is -0.384. The molecule has 0 saturated carbocycles. The molecular formula is C22H15ClFN5O3S. The number of hydrogen-bond acceptors (Lipinski definition) is 6. The Bertz CT molecular complexity index is 1330. The lowest BCUT2D eigenvalue weighted by Gasteiger charge is -2.10. The first-order valence-corrected chi connectivity index (χ1v) is 10.9. The zero-order valence-corrected chi connectivity index (χ0v) is 18.4. The highest BCUT2D eigenvalue weighted by Gasteiger charge is 2.19. The van der Waals surface area contributed by atoms with E-state index in [1.165, 1.54) is 30.3 Å². The Morgan fingerprint density at radius 3 is 2.61 bits per heavy atom. The number of amides is 1. The molecule has 0 unspecified atom stereocenters. The molecule has 0 aliphatic carbocycles. The number of hydrogen-bond donors (Lipinski definition) is 1. The van der Waals surface area contributed by atoms with E-state index in [1.54, 1.807) is 16.7 Å². The molecule has 4 aromatic rings. The molecule has 0 saturated heterocycles. The second kappa shape index (κ2) is 9.80. The fourth-order valence-corrected chi connectivity index (χ4v) is 3.95. The highest BCUT2D eigenvalue weighted by molar-refractivity contribution is 7.99. The number of rotatable bonds is 7. The Hall–Kier alpha value is -3.76. The van der Waals surface area contributed by atoms with E-state index in [9.17, 15) is 19.3 Å². The molecule has 33 heavy (non-hydrogen) atoms. The van der Waals surface area contributed by atoms with Gasteiger partial charge in [-0.2, -0.15) is 0 Å². The average molecular weight is 484 g/mol. The molecule has 166 valence electrons. The number of nitrogens with one attached hydrogen (secondary N) is 1. The second-order valence-corrected chi connectivity index (χ2v) is 8.10. The largest absolute Gasteiger partial charge is 0.325 e. The first-order valence-electron chi connectivity index (χ1n) is 9.56. The highest BCUT2D eigenvalue weighted by Crippen LogP contribution is 2.30. The third-order valence-electron chi connectivity index (χ3n) is 4.50. The van der Waals surface area contributed by atoms with Gasteiger partial charge in [0.1, 0.15) is 5.82 Å². The number of non-ortho nitro benzene ring substituents is 1. The van der Waals surface area contributed by atoms with Crippen LogP contribution in [0.4, 0.5) is 15.8 Å². The number of benzene rings is 3. The van der Waals surface area contributed by atoms with Crippen LogP contribution >= 0.6 is 23.4 Å². The minimum atomic E-state index is -0.575. The van der Waals surface area contributed by atoms with Gasteiger partial charge in [-0.25, -0.2) is 4.39 Å². The van der Waals surface area contributed by atoms with Crippen LogP contribution in [0.5, 0.6) is 0 Å². The predicted octanol–water partition coefficient (Wildman–Crippen LogP) is 5.37. The van der Waals surface area contributed by atoms with Gasteiger partial charge in [0.25, 0.3) is 5.69 Å². The van der Waals surface area contributed by atoms with Crippen molar-refractivity contribution in [1.29, 1.82) is 0 Å². The van der Waals surface area contributed by atoms with E-state index in [2.05, 4.69) is 15.5 Å². The zero-order chi connectivity index (χ0) is 23.4. The minimum absolute atomic E-state index is 0.00506. The molecule has 0 radical (unpaired) electrons. The normalized spacial score (nSPS) is 10.7. The van der Waals surface area contributed by atoms with Crippen molar-refractivity contribution in [3.05, 3.63) is 93.8 Å². The number of nitrogens with zero attached hydrogens (tertiary/aromatic N) is 4. The van der Waals surface area contributed by atoms with Crippen LogP contribution in [0.2, 0.25) is 5.02 Å². The number of nitro groups is 1. The lowest BCUT2D eigenvalue weighted by Crippen LogP contribution is -2.14.